The van der Waals surface area contributed by atoms with E-state index in [1.165, 1.54) is 0 Å². The van der Waals surface area contributed by atoms with Crippen LogP contribution in [-0.4, -0.2) is 61.1 Å². The second-order valence-corrected chi connectivity index (χ2v) is 12.4. The van der Waals surface area contributed by atoms with Gasteiger partial charge in [-0.1, -0.05) is 89.9 Å². The Morgan fingerprint density at radius 2 is 0.884 bits per heavy atom. The van der Waals surface area contributed by atoms with Crippen molar-refractivity contribution in [3.63, 3.8) is 0 Å². The van der Waals surface area contributed by atoms with Crippen LogP contribution in [0.15, 0.2) is 0 Å². The predicted molar refractivity (Wildman–Crippen MR) is 142 cm³/mol. The van der Waals surface area contributed by atoms with Crippen molar-refractivity contribution in [3.05, 3.63) is 0 Å². The second-order valence-electron chi connectivity index (χ2n) is 10.9. The minimum Gasteiger partial charge on any atom is -0.459 e. The smallest absolute Gasteiger partial charge is 0.438 e. The Balaban J connectivity index is 3.84. The van der Waals surface area contributed by atoms with Crippen LogP contribution in [0.3, 0.4) is 0 Å². The van der Waals surface area contributed by atoms with Gasteiger partial charge in [-0.15, -0.1) is 0 Å². The van der Waals surface area contributed by atoms with Gasteiger partial charge in [0.05, 0.1) is 0 Å². The van der Waals surface area contributed by atoms with Gasteiger partial charge in [0, 0.05) is 19.8 Å². The summed E-state index contributed by atoms with van der Waals surface area (Å²) in [6, 6.07) is 0. The van der Waals surface area contributed by atoms with Crippen LogP contribution in [0.1, 0.15) is 122 Å². The fourth-order valence-electron chi connectivity index (χ4n) is 4.26. The average molecular weight is 665 g/mol. The topological polar surface area (TPSA) is 107 Å². The van der Waals surface area contributed by atoms with Crippen molar-refractivity contribution in [1.29, 1.82) is 0 Å². The number of carbonyl (C=O) groups excluding carboxylic acids is 2. The summed E-state index contributed by atoms with van der Waals surface area (Å²) in [5.74, 6) is -8.36. The predicted octanol–water partition coefficient (Wildman–Crippen LogP) is 8.50. The fourth-order valence-corrected chi connectivity index (χ4v) is 5.16. The van der Waals surface area contributed by atoms with Crippen molar-refractivity contribution >= 4 is 22.1 Å². The number of alkyl halides is 8. The molecule has 0 aliphatic carbocycles. The van der Waals surface area contributed by atoms with Crippen molar-refractivity contribution in [2.45, 2.75) is 146 Å². The lowest BCUT2D eigenvalue weighted by Crippen LogP contribution is -2.63. The van der Waals surface area contributed by atoms with Gasteiger partial charge in [-0.05, 0) is 12.8 Å². The van der Waals surface area contributed by atoms with E-state index in [1.54, 1.807) is 0 Å². The molecule has 0 unspecified atom stereocenters. The van der Waals surface area contributed by atoms with Crippen LogP contribution in [0, 0.1) is 0 Å². The lowest BCUT2D eigenvalue weighted by molar-refractivity contribution is -0.361. The summed E-state index contributed by atoms with van der Waals surface area (Å²) in [7, 11) is -5.80. The number of hydrogen-bond donors (Lipinski definition) is 1. The summed E-state index contributed by atoms with van der Waals surface area (Å²) in [5.41, 5.74) is -5.36. The van der Waals surface area contributed by atoms with Crippen LogP contribution >= 0.6 is 0 Å². The Morgan fingerprint density at radius 3 is 1.16 bits per heavy atom. The zero-order valence-electron chi connectivity index (χ0n) is 24.5. The minimum absolute atomic E-state index is 0.0382. The largest absolute Gasteiger partial charge is 0.459 e. The van der Waals surface area contributed by atoms with Crippen LogP contribution in [0.5, 0.6) is 0 Å². The number of hydrogen-bond acceptors (Lipinski definition) is 6. The van der Waals surface area contributed by atoms with Crippen molar-refractivity contribution in [3.8, 4) is 0 Å². The van der Waals surface area contributed by atoms with E-state index in [0.29, 0.717) is 26.2 Å². The Morgan fingerprint density at radius 1 is 0.581 bits per heavy atom. The number of carbonyl (C=O) groups is 2. The zero-order valence-corrected chi connectivity index (χ0v) is 25.3. The van der Waals surface area contributed by atoms with Crippen LogP contribution in [0.2, 0.25) is 0 Å². The van der Waals surface area contributed by atoms with Gasteiger partial charge in [-0.2, -0.15) is 34.8 Å². The van der Waals surface area contributed by atoms with Crippen molar-refractivity contribution in [2.75, 3.05) is 12.4 Å². The Labute approximate surface area is 248 Å². The highest BCUT2D eigenvalue weighted by molar-refractivity contribution is 7.85. The lowest BCUT2D eigenvalue weighted by Gasteiger charge is -2.35. The summed E-state index contributed by atoms with van der Waals surface area (Å²) in [6.45, 7) is -0.198. The van der Waals surface area contributed by atoms with Crippen LogP contribution in [-0.2, 0) is 29.2 Å². The van der Waals surface area contributed by atoms with E-state index in [0.717, 1.165) is 77.0 Å². The standard InChI is InChI=1S/C27H44F8O7S/c1-24(28,29)20-41-22(36)18-16-14-12-10-8-6-4-2-3-5-7-9-11-13-15-17-19-23(37)42-25(26(30,31)32,27(33,34)35)21-43(38,39)40/h2-21H2,1H3,(H,38,39,40). The molecule has 16 heteroatoms. The molecular weight excluding hydrogens is 620 g/mol. The third kappa shape index (κ3) is 20.0. The maximum Gasteiger partial charge on any atom is 0.438 e. The zero-order chi connectivity index (χ0) is 33.2. The first-order chi connectivity index (χ1) is 19.7. The Kier molecular flexibility index (Phi) is 18.8. The highest BCUT2D eigenvalue weighted by Crippen LogP contribution is 2.47. The quantitative estimate of drug-likeness (QED) is 0.0477. The fraction of sp³-hybridized carbons (Fsp3) is 0.926. The van der Waals surface area contributed by atoms with Gasteiger partial charge in [0.25, 0.3) is 16.0 Å². The van der Waals surface area contributed by atoms with Crippen LogP contribution < -0.4 is 0 Å². The van der Waals surface area contributed by atoms with E-state index >= 15 is 0 Å². The molecule has 0 spiro atoms. The molecule has 0 saturated heterocycles. The first-order valence-corrected chi connectivity index (χ1v) is 16.1. The van der Waals surface area contributed by atoms with Gasteiger partial charge in [-0.25, -0.2) is 8.78 Å². The highest BCUT2D eigenvalue weighted by Gasteiger charge is 2.75. The van der Waals surface area contributed by atoms with Crippen molar-refractivity contribution in [1.82, 2.24) is 0 Å². The van der Waals surface area contributed by atoms with Crippen molar-refractivity contribution in [2.24, 2.45) is 0 Å². The molecule has 43 heavy (non-hydrogen) atoms. The van der Waals surface area contributed by atoms with Gasteiger partial charge in [0.2, 0.25) is 0 Å². The normalized spacial score (nSPS) is 13.3. The summed E-state index contributed by atoms with van der Waals surface area (Å²) < 4.78 is 143. The molecule has 7 nitrogen and oxygen atoms in total. The van der Waals surface area contributed by atoms with E-state index in [9.17, 15) is 53.1 Å². The SMILES string of the molecule is CC(F)(F)COC(=O)CCCCCCCCCCCCCCCCCCC(=O)OC(CS(=O)(=O)O)(C(F)(F)F)C(F)(F)F. The van der Waals surface area contributed by atoms with E-state index in [1.807, 2.05) is 0 Å². The molecule has 0 fully saturated rings. The lowest BCUT2D eigenvalue weighted by atomic mass is 10.0. The summed E-state index contributed by atoms with van der Waals surface area (Å²) in [6.07, 6.45) is 0.210. The molecule has 256 valence electrons. The second kappa shape index (κ2) is 19.6. The summed E-state index contributed by atoms with van der Waals surface area (Å²) in [4.78, 5) is 23.1. The van der Waals surface area contributed by atoms with Crippen LogP contribution in [0.25, 0.3) is 0 Å². The molecule has 1 N–H and O–H groups in total. The molecule has 0 aromatic heterocycles. The van der Waals surface area contributed by atoms with E-state index in [-0.39, 0.29) is 12.8 Å². The van der Waals surface area contributed by atoms with Gasteiger partial charge in [-0.3, -0.25) is 14.1 Å². The van der Waals surface area contributed by atoms with E-state index in [2.05, 4.69) is 9.47 Å². The number of halogens is 8. The molecule has 0 rings (SSSR count). The molecule has 0 amide bonds. The third-order valence-corrected chi connectivity index (χ3v) is 7.36. The van der Waals surface area contributed by atoms with E-state index < -0.39 is 64.7 Å². The van der Waals surface area contributed by atoms with Gasteiger partial charge < -0.3 is 9.47 Å². The monoisotopic (exact) mass is 664 g/mol. The molecular formula is C27H44F8O7S. The molecule has 0 radical (unpaired) electrons. The summed E-state index contributed by atoms with van der Waals surface area (Å²) in [5, 5.41) is 0. The Hall–Kier alpha value is -1.71. The maximum atomic E-state index is 13.2. The number of ether oxygens (including phenoxy) is 2. The van der Waals surface area contributed by atoms with Gasteiger partial charge in [0.15, 0.2) is 6.61 Å². The molecule has 0 aromatic carbocycles. The minimum atomic E-state index is -6.32. The number of unbranched alkanes of at least 4 members (excludes halogenated alkanes) is 15. The molecule has 0 saturated carbocycles. The van der Waals surface area contributed by atoms with E-state index in [4.69, 9.17) is 4.55 Å². The van der Waals surface area contributed by atoms with Gasteiger partial charge in [0.1, 0.15) is 5.75 Å². The molecule has 0 aliphatic rings. The molecule has 0 atom stereocenters. The molecule has 0 heterocycles. The highest BCUT2D eigenvalue weighted by atomic mass is 32.2. The van der Waals surface area contributed by atoms with Gasteiger partial charge >= 0.3 is 29.9 Å². The third-order valence-electron chi connectivity index (χ3n) is 6.59. The Bertz CT molecular complexity index is 886. The van der Waals surface area contributed by atoms with Crippen molar-refractivity contribution < 1.29 is 67.2 Å². The summed E-state index contributed by atoms with van der Waals surface area (Å²) >= 11 is 0. The molecule has 0 aliphatic heterocycles. The molecule has 0 bridgehead atoms. The maximum absolute atomic E-state index is 13.2. The number of esters is 2. The first-order valence-electron chi connectivity index (χ1n) is 14.5. The molecule has 0 aromatic rings. The number of rotatable bonds is 24. The van der Waals surface area contributed by atoms with Crippen LogP contribution in [0.4, 0.5) is 35.1 Å². The first kappa shape index (κ1) is 41.3. The average Bonchev–Trinajstić information content (AvgIpc) is 2.83.